The molecule has 0 spiro atoms. The van der Waals surface area contributed by atoms with Crippen molar-refractivity contribution in [3.05, 3.63) is 29.6 Å². The fourth-order valence-electron chi connectivity index (χ4n) is 0.952. The lowest BCUT2D eigenvalue weighted by Crippen LogP contribution is -2.13. The molecule has 2 N–H and O–H groups in total. The van der Waals surface area contributed by atoms with E-state index in [-0.39, 0.29) is 5.69 Å². The van der Waals surface area contributed by atoms with Crippen molar-refractivity contribution in [3.63, 3.8) is 0 Å². The molecule has 14 heavy (non-hydrogen) atoms. The van der Waals surface area contributed by atoms with Gasteiger partial charge < -0.3 is 10.5 Å². The van der Waals surface area contributed by atoms with Crippen LogP contribution >= 0.6 is 0 Å². The Morgan fingerprint density at radius 2 is 2.36 bits per heavy atom. The van der Waals surface area contributed by atoms with Crippen molar-refractivity contribution in [1.29, 1.82) is 0 Å². The van der Waals surface area contributed by atoms with Crippen LogP contribution in [0.3, 0.4) is 0 Å². The molecule has 5 heteroatoms. The minimum absolute atomic E-state index is 0.0647. The maximum absolute atomic E-state index is 13.0. The van der Waals surface area contributed by atoms with Crippen molar-refractivity contribution in [1.82, 2.24) is 0 Å². The number of nitrogens with one attached hydrogen (secondary N) is 1. The second-order valence-electron chi connectivity index (χ2n) is 2.72. The SMILES string of the molecule is Cc1ccc(F)c(NC(=O)C=NO)c1. The van der Waals surface area contributed by atoms with Crippen LogP contribution in [0.1, 0.15) is 5.56 Å². The van der Waals surface area contributed by atoms with Gasteiger partial charge in [0.25, 0.3) is 5.91 Å². The van der Waals surface area contributed by atoms with Crippen molar-refractivity contribution in [2.45, 2.75) is 6.92 Å². The molecule has 1 aromatic carbocycles. The largest absolute Gasteiger partial charge is 0.411 e. The van der Waals surface area contributed by atoms with Gasteiger partial charge in [-0.2, -0.15) is 0 Å². The standard InChI is InChI=1S/C9H9FN2O2/c1-6-2-3-7(10)8(4-6)12-9(13)5-11-14/h2-5,14H,1H3,(H,12,13). The van der Waals surface area contributed by atoms with E-state index in [9.17, 15) is 9.18 Å². The zero-order valence-electron chi connectivity index (χ0n) is 7.49. The summed E-state index contributed by atoms with van der Waals surface area (Å²) in [5.41, 5.74) is 0.887. The quantitative estimate of drug-likeness (QED) is 0.428. The molecule has 0 fully saturated rings. The predicted molar refractivity (Wildman–Crippen MR) is 50.0 cm³/mol. The van der Waals surface area contributed by atoms with Crippen molar-refractivity contribution >= 4 is 17.8 Å². The Morgan fingerprint density at radius 3 is 3.00 bits per heavy atom. The Hall–Kier alpha value is -1.91. The molecule has 0 aliphatic rings. The highest BCUT2D eigenvalue weighted by molar-refractivity contribution is 6.31. The fraction of sp³-hybridized carbons (Fsp3) is 0.111. The topological polar surface area (TPSA) is 61.7 Å². The summed E-state index contributed by atoms with van der Waals surface area (Å²) in [6, 6.07) is 4.32. The first kappa shape index (κ1) is 10.2. The lowest BCUT2D eigenvalue weighted by Gasteiger charge is -2.03. The smallest absolute Gasteiger partial charge is 0.270 e. The molecule has 0 atom stereocenters. The maximum atomic E-state index is 13.0. The van der Waals surface area contributed by atoms with Gasteiger partial charge in [0.2, 0.25) is 0 Å². The molecule has 0 aliphatic heterocycles. The van der Waals surface area contributed by atoms with Gasteiger partial charge in [0.05, 0.1) is 5.69 Å². The summed E-state index contributed by atoms with van der Waals surface area (Å²) in [7, 11) is 0. The van der Waals surface area contributed by atoms with Crippen LogP contribution in [0.2, 0.25) is 0 Å². The Bertz CT molecular complexity index is 377. The van der Waals surface area contributed by atoms with Crippen LogP contribution < -0.4 is 5.32 Å². The van der Waals surface area contributed by atoms with E-state index >= 15 is 0 Å². The Balaban J connectivity index is 2.85. The number of oxime groups is 1. The normalized spacial score (nSPS) is 10.4. The predicted octanol–water partition coefficient (Wildman–Crippen LogP) is 1.53. The molecule has 0 saturated carbocycles. The molecule has 0 aliphatic carbocycles. The number of carbonyl (C=O) groups excluding carboxylic acids is 1. The molecule has 1 aromatic rings. The van der Waals surface area contributed by atoms with E-state index in [2.05, 4.69) is 10.5 Å². The van der Waals surface area contributed by atoms with Crippen LogP contribution in [0.25, 0.3) is 0 Å². The first-order valence-corrected chi connectivity index (χ1v) is 3.88. The van der Waals surface area contributed by atoms with E-state index in [1.165, 1.54) is 12.1 Å². The maximum Gasteiger partial charge on any atom is 0.270 e. The van der Waals surface area contributed by atoms with Crippen LogP contribution in [0.15, 0.2) is 23.4 Å². The highest BCUT2D eigenvalue weighted by Gasteiger charge is 2.04. The second-order valence-corrected chi connectivity index (χ2v) is 2.72. The van der Waals surface area contributed by atoms with Crippen molar-refractivity contribution in [3.8, 4) is 0 Å². The summed E-state index contributed by atoms with van der Waals surface area (Å²) in [4.78, 5) is 10.9. The fourth-order valence-corrected chi connectivity index (χ4v) is 0.952. The van der Waals surface area contributed by atoms with Crippen molar-refractivity contribution < 1.29 is 14.4 Å². The minimum Gasteiger partial charge on any atom is -0.411 e. The van der Waals surface area contributed by atoms with E-state index in [0.29, 0.717) is 6.21 Å². The van der Waals surface area contributed by atoms with Gasteiger partial charge >= 0.3 is 0 Å². The number of hydrogen-bond acceptors (Lipinski definition) is 3. The highest BCUT2D eigenvalue weighted by atomic mass is 19.1. The summed E-state index contributed by atoms with van der Waals surface area (Å²) in [5.74, 6) is -1.22. The first-order chi connectivity index (χ1) is 6.63. The monoisotopic (exact) mass is 196 g/mol. The third-order valence-corrected chi connectivity index (χ3v) is 1.55. The molecule has 0 bridgehead atoms. The number of carbonyl (C=O) groups is 1. The lowest BCUT2D eigenvalue weighted by atomic mass is 10.2. The molecule has 0 saturated heterocycles. The third-order valence-electron chi connectivity index (χ3n) is 1.55. The number of benzene rings is 1. The van der Waals surface area contributed by atoms with Gasteiger partial charge in [0.15, 0.2) is 0 Å². The van der Waals surface area contributed by atoms with Gasteiger partial charge in [-0.25, -0.2) is 4.39 Å². The van der Waals surface area contributed by atoms with E-state index in [1.807, 2.05) is 0 Å². The summed E-state index contributed by atoms with van der Waals surface area (Å²) in [6.07, 6.45) is 0.655. The molecular weight excluding hydrogens is 187 g/mol. The Morgan fingerprint density at radius 1 is 1.64 bits per heavy atom. The van der Waals surface area contributed by atoms with Crippen molar-refractivity contribution in [2.75, 3.05) is 5.32 Å². The summed E-state index contributed by atoms with van der Waals surface area (Å²) >= 11 is 0. The molecule has 74 valence electrons. The van der Waals surface area contributed by atoms with Crippen LogP contribution in [-0.2, 0) is 4.79 Å². The number of hydrogen-bond donors (Lipinski definition) is 2. The van der Waals surface area contributed by atoms with Gasteiger partial charge in [-0.1, -0.05) is 11.2 Å². The minimum atomic E-state index is -0.683. The molecule has 1 amide bonds. The summed E-state index contributed by atoms with van der Waals surface area (Å²) < 4.78 is 13.0. The number of rotatable bonds is 2. The van der Waals surface area contributed by atoms with Gasteiger partial charge in [0, 0.05) is 0 Å². The summed E-state index contributed by atoms with van der Waals surface area (Å²) in [6.45, 7) is 1.77. The molecule has 0 radical (unpaired) electrons. The molecule has 0 heterocycles. The Kier molecular flexibility index (Phi) is 3.17. The van der Waals surface area contributed by atoms with Crippen LogP contribution in [-0.4, -0.2) is 17.3 Å². The first-order valence-electron chi connectivity index (χ1n) is 3.88. The van der Waals surface area contributed by atoms with E-state index in [4.69, 9.17) is 5.21 Å². The average molecular weight is 196 g/mol. The number of aryl methyl sites for hydroxylation is 1. The van der Waals surface area contributed by atoms with Gasteiger partial charge in [-0.3, -0.25) is 4.79 Å². The van der Waals surface area contributed by atoms with E-state index < -0.39 is 11.7 Å². The van der Waals surface area contributed by atoms with E-state index in [0.717, 1.165) is 5.56 Å². The van der Waals surface area contributed by atoms with E-state index in [1.54, 1.807) is 13.0 Å². The third kappa shape index (κ3) is 2.55. The van der Waals surface area contributed by atoms with Gasteiger partial charge in [-0.15, -0.1) is 0 Å². The van der Waals surface area contributed by atoms with Crippen LogP contribution in [0.5, 0.6) is 0 Å². The number of amides is 1. The lowest BCUT2D eigenvalue weighted by molar-refractivity contribution is -0.110. The van der Waals surface area contributed by atoms with Crippen molar-refractivity contribution in [2.24, 2.45) is 5.16 Å². The zero-order chi connectivity index (χ0) is 10.6. The average Bonchev–Trinajstić information content (AvgIpc) is 2.12. The molecule has 0 aromatic heterocycles. The zero-order valence-corrected chi connectivity index (χ0v) is 7.49. The van der Waals surface area contributed by atoms with Crippen LogP contribution in [0.4, 0.5) is 10.1 Å². The molecule has 4 nitrogen and oxygen atoms in total. The second kappa shape index (κ2) is 4.36. The highest BCUT2D eigenvalue weighted by Crippen LogP contribution is 2.14. The number of nitrogens with zero attached hydrogens (tertiary/aromatic N) is 1. The van der Waals surface area contributed by atoms with Gasteiger partial charge in [0.1, 0.15) is 12.0 Å². The summed E-state index contributed by atoms with van der Waals surface area (Å²) in [5, 5.41) is 12.8. The molecular formula is C9H9FN2O2. The van der Waals surface area contributed by atoms with Gasteiger partial charge in [-0.05, 0) is 24.6 Å². The molecule has 0 unspecified atom stereocenters. The van der Waals surface area contributed by atoms with Crippen LogP contribution in [0, 0.1) is 12.7 Å². The molecule has 1 rings (SSSR count). The Labute approximate surface area is 80.0 Å². The number of anilines is 1. The number of halogens is 1.